The van der Waals surface area contributed by atoms with Crippen LogP contribution in [-0.2, 0) is 5.41 Å². The van der Waals surface area contributed by atoms with Crippen molar-refractivity contribution in [2.45, 2.75) is 19.3 Å². The molecule has 9 aromatic rings. The van der Waals surface area contributed by atoms with Gasteiger partial charge in [0, 0.05) is 11.1 Å². The first-order valence-electron chi connectivity index (χ1n) is 17.3. The average molecular weight is 640 g/mol. The van der Waals surface area contributed by atoms with Crippen molar-refractivity contribution in [1.82, 2.24) is 5.16 Å². The van der Waals surface area contributed by atoms with Crippen LogP contribution in [0.4, 0.5) is 0 Å². The van der Waals surface area contributed by atoms with E-state index < -0.39 is 5.41 Å². The quantitative estimate of drug-likeness (QED) is 0.179. The van der Waals surface area contributed by atoms with Crippen molar-refractivity contribution in [2.24, 2.45) is 0 Å². The molecule has 236 valence electrons. The van der Waals surface area contributed by atoms with Crippen molar-refractivity contribution in [3.05, 3.63) is 197 Å². The highest BCUT2D eigenvalue weighted by molar-refractivity contribution is 6.22. The third kappa shape index (κ3) is 3.93. The molecule has 10 rings (SSSR count). The Morgan fingerprint density at radius 1 is 0.440 bits per heavy atom. The fourth-order valence-electron chi connectivity index (χ4n) is 8.88. The zero-order valence-corrected chi connectivity index (χ0v) is 27.9. The summed E-state index contributed by atoms with van der Waals surface area (Å²) in [4.78, 5) is 0. The number of aromatic nitrogens is 1. The summed E-state index contributed by atoms with van der Waals surface area (Å²) in [7, 11) is 0. The van der Waals surface area contributed by atoms with E-state index in [1.165, 1.54) is 82.4 Å². The van der Waals surface area contributed by atoms with E-state index in [-0.39, 0.29) is 0 Å². The van der Waals surface area contributed by atoms with Crippen LogP contribution < -0.4 is 0 Å². The highest BCUT2D eigenvalue weighted by Crippen LogP contribution is 2.58. The molecule has 0 unspecified atom stereocenters. The van der Waals surface area contributed by atoms with E-state index >= 15 is 0 Å². The molecule has 0 fully saturated rings. The van der Waals surface area contributed by atoms with Gasteiger partial charge in [0.2, 0.25) is 0 Å². The lowest BCUT2D eigenvalue weighted by Crippen LogP contribution is -2.28. The maximum atomic E-state index is 5.73. The first-order chi connectivity index (χ1) is 24.6. The average Bonchev–Trinajstić information content (AvgIpc) is 3.65. The first-order valence-corrected chi connectivity index (χ1v) is 17.3. The molecule has 0 atom stereocenters. The lowest BCUT2D eigenvalue weighted by molar-refractivity contribution is 0.393. The van der Waals surface area contributed by atoms with Crippen LogP contribution in [0, 0.1) is 13.8 Å². The molecule has 50 heavy (non-hydrogen) atoms. The second-order valence-electron chi connectivity index (χ2n) is 13.5. The van der Waals surface area contributed by atoms with Crippen molar-refractivity contribution < 1.29 is 4.52 Å². The Hall–Kier alpha value is -6.25. The van der Waals surface area contributed by atoms with Gasteiger partial charge in [0.05, 0.1) is 11.1 Å². The van der Waals surface area contributed by atoms with Gasteiger partial charge in [-0.1, -0.05) is 151 Å². The van der Waals surface area contributed by atoms with E-state index in [2.05, 4.69) is 169 Å². The molecule has 1 aliphatic carbocycles. The van der Waals surface area contributed by atoms with Crippen molar-refractivity contribution in [3.8, 4) is 33.4 Å². The minimum Gasteiger partial charge on any atom is -0.361 e. The summed E-state index contributed by atoms with van der Waals surface area (Å²) in [5.41, 5.74) is 12.8. The Morgan fingerprint density at radius 3 is 1.50 bits per heavy atom. The lowest BCUT2D eigenvalue weighted by Gasteiger charge is -2.34. The van der Waals surface area contributed by atoms with Gasteiger partial charge in [-0.25, -0.2) is 0 Å². The monoisotopic (exact) mass is 639 g/mol. The molecule has 0 saturated carbocycles. The highest BCUT2D eigenvalue weighted by atomic mass is 16.5. The Morgan fingerprint density at radius 2 is 0.940 bits per heavy atom. The number of rotatable bonds is 4. The third-order valence-corrected chi connectivity index (χ3v) is 10.9. The Kier molecular flexibility index (Phi) is 6.25. The van der Waals surface area contributed by atoms with E-state index in [4.69, 9.17) is 4.52 Å². The van der Waals surface area contributed by atoms with E-state index in [0.29, 0.717) is 0 Å². The highest BCUT2D eigenvalue weighted by Gasteiger charge is 2.46. The van der Waals surface area contributed by atoms with Crippen LogP contribution >= 0.6 is 0 Å². The van der Waals surface area contributed by atoms with Crippen LogP contribution in [0.15, 0.2) is 168 Å². The Bertz CT molecular complexity index is 2660. The lowest BCUT2D eigenvalue weighted by atomic mass is 9.67. The Balaban J connectivity index is 1.34. The number of fused-ring (bicyclic) bond motifs is 6. The molecule has 2 nitrogen and oxygen atoms in total. The van der Waals surface area contributed by atoms with Crippen LogP contribution in [0.2, 0.25) is 0 Å². The van der Waals surface area contributed by atoms with Crippen molar-refractivity contribution in [3.63, 3.8) is 0 Å². The number of benzene rings is 8. The van der Waals surface area contributed by atoms with Gasteiger partial charge < -0.3 is 4.52 Å². The van der Waals surface area contributed by atoms with Gasteiger partial charge in [0.15, 0.2) is 0 Å². The maximum absolute atomic E-state index is 5.73. The number of nitrogens with zero attached hydrogens (tertiary/aromatic N) is 1. The Labute approximate surface area is 291 Å². The van der Waals surface area contributed by atoms with Crippen molar-refractivity contribution in [2.75, 3.05) is 0 Å². The second-order valence-corrected chi connectivity index (χ2v) is 13.5. The predicted octanol–water partition coefficient (Wildman–Crippen LogP) is 12.4. The number of aryl methyl sites for hydroxylation is 2. The minimum atomic E-state index is -0.505. The molecular weight excluding hydrogens is 607 g/mol. The largest absolute Gasteiger partial charge is 0.361 e. The standard InChI is InChI=1S/C48H33NO/c1-30-45(31(2)50-49-30)47-40-23-13-11-21-38(40)46(39-22-12-14-24-41(39)47)34-25-26-37-42-27-32-15-9-10-16-33(32)28-44(42)48(43(37)29-34,35-17-5-3-6-18-35)36-19-7-4-8-20-36/h3-29H,1-2H3. The number of hydrogen-bond acceptors (Lipinski definition) is 2. The van der Waals surface area contributed by atoms with Crippen molar-refractivity contribution in [1.29, 1.82) is 0 Å². The zero-order chi connectivity index (χ0) is 33.4. The summed E-state index contributed by atoms with van der Waals surface area (Å²) in [6, 6.07) is 60.6. The van der Waals surface area contributed by atoms with E-state index in [9.17, 15) is 0 Å². The van der Waals surface area contributed by atoms with Crippen molar-refractivity contribution >= 4 is 32.3 Å². The predicted molar refractivity (Wildman–Crippen MR) is 207 cm³/mol. The fraction of sp³-hybridized carbons (Fsp3) is 0.0625. The second kappa shape index (κ2) is 10.9. The van der Waals surface area contributed by atoms with E-state index in [0.717, 1.165) is 17.0 Å². The molecule has 0 amide bonds. The molecule has 1 aromatic heterocycles. The fourth-order valence-corrected chi connectivity index (χ4v) is 8.88. The summed E-state index contributed by atoms with van der Waals surface area (Å²) in [5, 5.41) is 11.7. The molecule has 2 heteroatoms. The van der Waals surface area contributed by atoms with E-state index in [1.807, 2.05) is 13.8 Å². The molecule has 0 saturated heterocycles. The summed E-state index contributed by atoms with van der Waals surface area (Å²) in [5.74, 6) is 0.837. The summed E-state index contributed by atoms with van der Waals surface area (Å²) in [6.07, 6.45) is 0. The van der Waals surface area contributed by atoms with Gasteiger partial charge in [-0.2, -0.15) is 0 Å². The van der Waals surface area contributed by atoms with Crippen LogP contribution in [0.5, 0.6) is 0 Å². The maximum Gasteiger partial charge on any atom is 0.141 e. The molecule has 0 radical (unpaired) electrons. The van der Waals surface area contributed by atoms with Gasteiger partial charge in [-0.15, -0.1) is 0 Å². The zero-order valence-electron chi connectivity index (χ0n) is 27.9. The SMILES string of the molecule is Cc1noc(C)c1-c1c2ccccc2c(-c2ccc3c(c2)C(c2ccccc2)(c2ccccc2)c2cc4ccccc4cc2-3)c2ccccc12. The van der Waals surface area contributed by atoms with Gasteiger partial charge in [-0.05, 0) is 109 Å². The van der Waals surface area contributed by atoms with Gasteiger partial charge in [0.25, 0.3) is 0 Å². The molecule has 1 aliphatic rings. The summed E-state index contributed by atoms with van der Waals surface area (Å²) < 4.78 is 5.73. The molecule has 1 heterocycles. The first kappa shape index (κ1) is 28.7. The molecule has 0 spiro atoms. The van der Waals surface area contributed by atoms with Gasteiger partial charge >= 0.3 is 0 Å². The normalized spacial score (nSPS) is 13.2. The van der Waals surface area contributed by atoms with Crippen LogP contribution in [0.3, 0.4) is 0 Å². The minimum absolute atomic E-state index is 0.505. The van der Waals surface area contributed by atoms with Crippen LogP contribution in [0.1, 0.15) is 33.7 Å². The topological polar surface area (TPSA) is 26.0 Å². The molecule has 0 bridgehead atoms. The molecule has 8 aromatic carbocycles. The van der Waals surface area contributed by atoms with Gasteiger partial charge in [0.1, 0.15) is 5.76 Å². The molecule has 0 aliphatic heterocycles. The summed E-state index contributed by atoms with van der Waals surface area (Å²) in [6.45, 7) is 4.05. The van der Waals surface area contributed by atoms with Crippen LogP contribution in [0.25, 0.3) is 65.7 Å². The third-order valence-electron chi connectivity index (χ3n) is 10.9. The van der Waals surface area contributed by atoms with E-state index in [1.54, 1.807) is 0 Å². The number of hydrogen-bond donors (Lipinski definition) is 0. The summed E-state index contributed by atoms with van der Waals surface area (Å²) >= 11 is 0. The van der Waals surface area contributed by atoms with Gasteiger partial charge in [-0.3, -0.25) is 0 Å². The van der Waals surface area contributed by atoms with Crippen LogP contribution in [-0.4, -0.2) is 5.16 Å². The molecule has 0 N–H and O–H groups in total. The smallest absolute Gasteiger partial charge is 0.141 e. The molecular formula is C48H33NO.